The molecule has 2 rings (SSSR count). The van der Waals surface area contributed by atoms with Gasteiger partial charge < -0.3 is 4.98 Å². The fourth-order valence-electron chi connectivity index (χ4n) is 2.78. The smallest absolute Gasteiger partial charge is 0.138 e. The van der Waals surface area contributed by atoms with Crippen LogP contribution < -0.4 is 0 Å². The second-order valence-corrected chi connectivity index (χ2v) is 8.24. The zero-order valence-electron chi connectivity index (χ0n) is 16.0. The Labute approximate surface area is 166 Å². The maximum atomic E-state index is 6.07. The number of rotatable bonds is 10. The number of aromatic nitrogens is 2. The summed E-state index contributed by atoms with van der Waals surface area (Å²) >= 11 is 7.82. The first-order valence-electron chi connectivity index (χ1n) is 9.38. The van der Waals surface area contributed by atoms with E-state index in [0.717, 1.165) is 28.7 Å². The first-order valence-corrected chi connectivity index (χ1v) is 10.6. The average molecular weight is 389 g/mol. The number of unbranched alkanes of at least 4 members (excludes halogenated alkanes) is 3. The molecule has 1 N–H and O–H groups in total. The number of alkyl halides is 1. The third-order valence-electron chi connectivity index (χ3n) is 4.24. The molecule has 0 aliphatic heterocycles. The average Bonchev–Trinajstić information content (AvgIpc) is 3.00. The van der Waals surface area contributed by atoms with Crippen LogP contribution in [0.2, 0.25) is 0 Å². The van der Waals surface area contributed by atoms with Crippen molar-refractivity contribution >= 4 is 40.0 Å². The molecule has 0 fully saturated rings. The molecule has 2 heterocycles. The summed E-state index contributed by atoms with van der Waals surface area (Å²) in [6, 6.07) is 4.11. The summed E-state index contributed by atoms with van der Waals surface area (Å²) in [5.74, 6) is 0. The summed E-state index contributed by atoms with van der Waals surface area (Å²) < 4.78 is 0. The number of allylic oxidation sites excluding steroid dienone is 4. The maximum Gasteiger partial charge on any atom is 0.138 e. The molecule has 1 unspecified atom stereocenters. The Kier molecular flexibility index (Phi) is 8.53. The zero-order chi connectivity index (χ0) is 18.9. The molecule has 4 heteroatoms. The van der Waals surface area contributed by atoms with E-state index in [1.54, 1.807) is 11.8 Å². The van der Waals surface area contributed by atoms with Gasteiger partial charge in [0.2, 0.25) is 0 Å². The van der Waals surface area contributed by atoms with Gasteiger partial charge in [-0.2, -0.15) is 0 Å². The van der Waals surface area contributed by atoms with E-state index in [9.17, 15) is 0 Å². The van der Waals surface area contributed by atoms with Crippen LogP contribution in [0.4, 0.5) is 0 Å². The van der Waals surface area contributed by atoms with E-state index in [4.69, 9.17) is 11.6 Å². The molecule has 0 aliphatic rings. The zero-order valence-corrected chi connectivity index (χ0v) is 17.6. The molecule has 0 spiro atoms. The quantitative estimate of drug-likeness (QED) is 0.195. The van der Waals surface area contributed by atoms with Crippen molar-refractivity contribution in [1.82, 2.24) is 9.97 Å². The normalized spacial score (nSPS) is 13.6. The van der Waals surface area contributed by atoms with Crippen LogP contribution in [0.15, 0.2) is 52.9 Å². The molecule has 2 aromatic heterocycles. The largest absolute Gasteiger partial charge is 0.339 e. The first-order chi connectivity index (χ1) is 12.6. The van der Waals surface area contributed by atoms with Gasteiger partial charge in [-0.05, 0) is 44.4 Å². The summed E-state index contributed by atoms with van der Waals surface area (Å²) in [5, 5.41) is 1.16. The Morgan fingerprint density at radius 1 is 1.38 bits per heavy atom. The van der Waals surface area contributed by atoms with Crippen molar-refractivity contribution in [3.8, 4) is 0 Å². The maximum absolute atomic E-state index is 6.07. The molecule has 0 amide bonds. The molecular weight excluding hydrogens is 360 g/mol. The van der Waals surface area contributed by atoms with Gasteiger partial charge in [0, 0.05) is 26.8 Å². The van der Waals surface area contributed by atoms with Crippen LogP contribution in [-0.2, 0) is 0 Å². The lowest BCUT2D eigenvalue weighted by atomic mass is 10.1. The van der Waals surface area contributed by atoms with Crippen molar-refractivity contribution in [2.24, 2.45) is 0 Å². The van der Waals surface area contributed by atoms with Crippen molar-refractivity contribution in [3.05, 3.63) is 53.7 Å². The van der Waals surface area contributed by atoms with Crippen LogP contribution in [0.3, 0.4) is 0 Å². The van der Waals surface area contributed by atoms with Crippen molar-refractivity contribution < 1.29 is 0 Å². The predicted molar refractivity (Wildman–Crippen MR) is 118 cm³/mol. The van der Waals surface area contributed by atoms with Gasteiger partial charge in [0.1, 0.15) is 5.65 Å². The number of thioether (sulfide) groups is 1. The second-order valence-electron chi connectivity index (χ2n) is 6.47. The fourth-order valence-corrected chi connectivity index (χ4v) is 3.92. The summed E-state index contributed by atoms with van der Waals surface area (Å²) in [6.07, 6.45) is 14.0. The lowest BCUT2D eigenvalue weighted by Gasteiger charge is -2.09. The predicted octanol–water partition coefficient (Wildman–Crippen LogP) is 7.73. The summed E-state index contributed by atoms with van der Waals surface area (Å²) in [7, 11) is 0. The molecule has 0 aliphatic carbocycles. The lowest BCUT2D eigenvalue weighted by Crippen LogP contribution is -1.88. The lowest BCUT2D eigenvalue weighted by molar-refractivity contribution is 0.678. The van der Waals surface area contributed by atoms with Crippen LogP contribution >= 0.6 is 23.4 Å². The highest BCUT2D eigenvalue weighted by atomic mass is 35.5. The third kappa shape index (κ3) is 5.78. The van der Waals surface area contributed by atoms with Gasteiger partial charge >= 0.3 is 0 Å². The number of nitrogens with one attached hydrogen (secondary N) is 1. The molecular formula is C22H29ClN2S. The number of halogens is 1. The van der Waals surface area contributed by atoms with Gasteiger partial charge in [-0.25, -0.2) is 4.98 Å². The van der Waals surface area contributed by atoms with E-state index < -0.39 is 0 Å². The molecule has 0 bridgehead atoms. The monoisotopic (exact) mass is 388 g/mol. The Morgan fingerprint density at radius 2 is 2.19 bits per heavy atom. The molecule has 0 saturated heterocycles. The van der Waals surface area contributed by atoms with Gasteiger partial charge in [-0.15, -0.1) is 11.6 Å². The molecule has 0 saturated carbocycles. The molecule has 140 valence electrons. The first kappa shape index (κ1) is 20.9. The Balaban J connectivity index is 2.29. The highest BCUT2D eigenvalue weighted by Gasteiger charge is 2.16. The molecule has 0 aromatic carbocycles. The molecule has 26 heavy (non-hydrogen) atoms. The molecule has 2 nitrogen and oxygen atoms in total. The fraction of sp³-hybridized carbons (Fsp3) is 0.409. The number of H-pyrrole nitrogens is 1. The minimum atomic E-state index is 0.0168. The van der Waals surface area contributed by atoms with Crippen molar-refractivity contribution in [1.29, 1.82) is 0 Å². The molecule has 2 aromatic rings. The number of hydrogen-bond donors (Lipinski definition) is 1. The van der Waals surface area contributed by atoms with Crippen molar-refractivity contribution in [2.45, 2.75) is 63.1 Å². The van der Waals surface area contributed by atoms with Gasteiger partial charge in [0.25, 0.3) is 0 Å². The SMILES string of the molecule is C=C(CCCCCC)c1[nH]c2ncccc2c1SC(/C=C\C(C)Cl)=C/C. The highest BCUT2D eigenvalue weighted by molar-refractivity contribution is 8.03. The number of pyridine rings is 1. The second kappa shape index (κ2) is 10.6. The summed E-state index contributed by atoms with van der Waals surface area (Å²) in [4.78, 5) is 10.4. The van der Waals surface area contributed by atoms with E-state index in [0.29, 0.717) is 0 Å². The Bertz CT molecular complexity index is 787. The Morgan fingerprint density at radius 3 is 2.88 bits per heavy atom. The van der Waals surface area contributed by atoms with Gasteiger partial charge in [0.05, 0.1) is 5.69 Å². The van der Waals surface area contributed by atoms with Crippen molar-refractivity contribution in [2.75, 3.05) is 0 Å². The highest BCUT2D eigenvalue weighted by Crippen LogP contribution is 2.39. The standard InChI is InChI=1S/C22H29ClN2S/c1-5-7-8-9-11-16(3)20-21(19-12-10-15-24-22(19)25-20)26-18(6-2)14-13-17(4)23/h6,10,12-15,17H,3,5,7-9,11H2,1-2,4H3,(H,24,25)/b14-13-,18-6+. The number of nitrogens with zero attached hydrogens (tertiary/aromatic N) is 1. The van der Waals surface area contributed by atoms with Crippen molar-refractivity contribution in [3.63, 3.8) is 0 Å². The van der Waals surface area contributed by atoms with E-state index in [-0.39, 0.29) is 5.38 Å². The van der Waals surface area contributed by atoms with E-state index in [1.807, 2.05) is 25.3 Å². The summed E-state index contributed by atoms with van der Waals surface area (Å²) in [6.45, 7) is 10.6. The number of hydrogen-bond acceptors (Lipinski definition) is 2. The molecule has 1 atom stereocenters. The van der Waals surface area contributed by atoms with Crippen LogP contribution in [0.1, 0.15) is 58.6 Å². The third-order valence-corrected chi connectivity index (χ3v) is 5.62. The minimum Gasteiger partial charge on any atom is -0.339 e. The van der Waals surface area contributed by atoms with Gasteiger partial charge in [-0.3, -0.25) is 0 Å². The van der Waals surface area contributed by atoms with E-state index in [1.165, 1.54) is 35.5 Å². The van der Waals surface area contributed by atoms with E-state index in [2.05, 4.69) is 48.6 Å². The van der Waals surface area contributed by atoms with Crippen LogP contribution in [0, 0.1) is 0 Å². The van der Waals surface area contributed by atoms with Crippen LogP contribution in [0.25, 0.3) is 16.6 Å². The topological polar surface area (TPSA) is 28.7 Å². The Hall–Kier alpha value is -1.45. The van der Waals surface area contributed by atoms with Crippen LogP contribution in [0.5, 0.6) is 0 Å². The number of fused-ring (bicyclic) bond motifs is 1. The van der Waals surface area contributed by atoms with Gasteiger partial charge in [0.15, 0.2) is 0 Å². The van der Waals surface area contributed by atoms with E-state index >= 15 is 0 Å². The van der Waals surface area contributed by atoms with Gasteiger partial charge in [-0.1, -0.05) is 62.8 Å². The van der Waals surface area contributed by atoms with Crippen LogP contribution in [-0.4, -0.2) is 15.3 Å². The molecule has 0 radical (unpaired) electrons. The number of aromatic amines is 1. The summed E-state index contributed by atoms with van der Waals surface area (Å²) in [5.41, 5.74) is 3.20. The minimum absolute atomic E-state index is 0.0168.